The first-order chi connectivity index (χ1) is 11.1. The molecular weight excluding hydrogens is 295 g/mol. The molecule has 0 atom stereocenters. The summed E-state index contributed by atoms with van der Waals surface area (Å²) in [7, 11) is 0. The lowest BCUT2D eigenvalue weighted by Crippen LogP contribution is -2.24. The Morgan fingerprint density at radius 1 is 1.00 bits per heavy atom. The van der Waals surface area contributed by atoms with Gasteiger partial charge in [-0.3, -0.25) is 9.59 Å². The number of halogens is 1. The number of amides is 2. The molecule has 4 nitrogen and oxygen atoms in total. The number of anilines is 1. The molecule has 0 aromatic heterocycles. The molecule has 0 spiro atoms. The van der Waals surface area contributed by atoms with Crippen LogP contribution in [-0.4, -0.2) is 18.4 Å². The zero-order chi connectivity index (χ0) is 16.7. The van der Waals surface area contributed by atoms with E-state index in [9.17, 15) is 14.0 Å². The standard InChI is InChI=1S/C18H19FN2O2/c1-2-3-12-20-17(22)13-8-10-14(11-9-13)21-18(23)15-6-4-5-7-16(15)19/h4-11H,2-3,12H2,1H3,(H,20,22)(H,21,23). The molecule has 2 amide bonds. The molecule has 23 heavy (non-hydrogen) atoms. The van der Waals surface area contributed by atoms with Gasteiger partial charge in [0, 0.05) is 17.8 Å². The Balaban J connectivity index is 1.99. The van der Waals surface area contributed by atoms with E-state index in [2.05, 4.69) is 17.6 Å². The van der Waals surface area contributed by atoms with E-state index in [0.717, 1.165) is 12.8 Å². The van der Waals surface area contributed by atoms with Gasteiger partial charge in [-0.25, -0.2) is 4.39 Å². The molecule has 5 heteroatoms. The van der Waals surface area contributed by atoms with E-state index in [1.165, 1.54) is 18.2 Å². The molecule has 0 saturated carbocycles. The molecule has 2 aromatic rings. The number of hydrogen-bond donors (Lipinski definition) is 2. The van der Waals surface area contributed by atoms with Gasteiger partial charge in [-0.1, -0.05) is 25.5 Å². The van der Waals surface area contributed by atoms with Crippen LogP contribution in [-0.2, 0) is 0 Å². The van der Waals surface area contributed by atoms with Gasteiger partial charge in [0.05, 0.1) is 5.56 Å². The first-order valence-corrected chi connectivity index (χ1v) is 7.56. The minimum absolute atomic E-state index is 0.0196. The number of nitrogens with one attached hydrogen (secondary N) is 2. The fraction of sp³-hybridized carbons (Fsp3) is 0.222. The maximum absolute atomic E-state index is 13.5. The van der Waals surface area contributed by atoms with Gasteiger partial charge >= 0.3 is 0 Å². The Bertz CT molecular complexity index is 684. The third-order valence-corrected chi connectivity index (χ3v) is 3.34. The van der Waals surface area contributed by atoms with Crippen LogP contribution in [0.2, 0.25) is 0 Å². The van der Waals surface area contributed by atoms with E-state index >= 15 is 0 Å². The molecule has 0 saturated heterocycles. The molecule has 2 aromatic carbocycles. The highest BCUT2D eigenvalue weighted by Crippen LogP contribution is 2.13. The van der Waals surface area contributed by atoms with E-state index in [4.69, 9.17) is 0 Å². The van der Waals surface area contributed by atoms with Crippen molar-refractivity contribution in [3.63, 3.8) is 0 Å². The Labute approximate surface area is 134 Å². The Kier molecular flexibility index (Phi) is 5.86. The number of carbonyl (C=O) groups is 2. The number of carbonyl (C=O) groups excluding carboxylic acids is 2. The molecular formula is C18H19FN2O2. The Hall–Kier alpha value is -2.69. The summed E-state index contributed by atoms with van der Waals surface area (Å²) in [5.74, 6) is -1.24. The third-order valence-electron chi connectivity index (χ3n) is 3.34. The van der Waals surface area contributed by atoms with Gasteiger partial charge in [0.1, 0.15) is 5.82 Å². The van der Waals surface area contributed by atoms with Gasteiger partial charge in [-0.15, -0.1) is 0 Å². The van der Waals surface area contributed by atoms with Crippen molar-refractivity contribution >= 4 is 17.5 Å². The van der Waals surface area contributed by atoms with Crippen molar-refractivity contribution in [3.05, 3.63) is 65.5 Å². The summed E-state index contributed by atoms with van der Waals surface area (Å²) in [5, 5.41) is 5.42. The van der Waals surface area contributed by atoms with Crippen LogP contribution in [0.5, 0.6) is 0 Å². The van der Waals surface area contributed by atoms with E-state index < -0.39 is 11.7 Å². The topological polar surface area (TPSA) is 58.2 Å². The average Bonchev–Trinajstić information content (AvgIpc) is 2.56. The fourth-order valence-corrected chi connectivity index (χ4v) is 2.03. The Morgan fingerprint density at radius 2 is 1.70 bits per heavy atom. The largest absolute Gasteiger partial charge is 0.352 e. The van der Waals surface area contributed by atoms with Crippen molar-refractivity contribution in [3.8, 4) is 0 Å². The Morgan fingerprint density at radius 3 is 2.35 bits per heavy atom. The van der Waals surface area contributed by atoms with Crippen molar-refractivity contribution in [1.82, 2.24) is 5.32 Å². The minimum Gasteiger partial charge on any atom is -0.352 e. The molecule has 0 aliphatic rings. The predicted molar refractivity (Wildman–Crippen MR) is 88.0 cm³/mol. The van der Waals surface area contributed by atoms with Gasteiger partial charge in [-0.05, 0) is 42.8 Å². The molecule has 0 fully saturated rings. The number of hydrogen-bond acceptors (Lipinski definition) is 2. The SMILES string of the molecule is CCCCNC(=O)c1ccc(NC(=O)c2ccccc2F)cc1. The maximum Gasteiger partial charge on any atom is 0.258 e. The zero-order valence-corrected chi connectivity index (χ0v) is 12.9. The van der Waals surface area contributed by atoms with E-state index in [-0.39, 0.29) is 11.5 Å². The van der Waals surface area contributed by atoms with Crippen molar-refractivity contribution in [1.29, 1.82) is 0 Å². The summed E-state index contributed by atoms with van der Waals surface area (Å²) in [6.45, 7) is 2.69. The lowest BCUT2D eigenvalue weighted by atomic mass is 10.1. The van der Waals surface area contributed by atoms with Crippen LogP contribution in [0.25, 0.3) is 0 Å². The quantitative estimate of drug-likeness (QED) is 0.800. The normalized spacial score (nSPS) is 10.2. The first kappa shape index (κ1) is 16.7. The second-order valence-corrected chi connectivity index (χ2v) is 5.12. The van der Waals surface area contributed by atoms with Crippen molar-refractivity contribution in [2.75, 3.05) is 11.9 Å². The summed E-state index contributed by atoms with van der Waals surface area (Å²) >= 11 is 0. The van der Waals surface area contributed by atoms with Crippen LogP contribution in [0.1, 0.15) is 40.5 Å². The molecule has 0 aliphatic carbocycles. The van der Waals surface area contributed by atoms with Crippen LogP contribution in [0.15, 0.2) is 48.5 Å². The van der Waals surface area contributed by atoms with Crippen LogP contribution in [0, 0.1) is 5.82 Å². The van der Waals surface area contributed by atoms with E-state index in [0.29, 0.717) is 17.8 Å². The second-order valence-electron chi connectivity index (χ2n) is 5.12. The van der Waals surface area contributed by atoms with Gasteiger partial charge in [0.2, 0.25) is 0 Å². The summed E-state index contributed by atoms with van der Waals surface area (Å²) in [6.07, 6.45) is 1.95. The summed E-state index contributed by atoms with van der Waals surface area (Å²) in [4.78, 5) is 23.9. The molecule has 2 N–H and O–H groups in total. The highest BCUT2D eigenvalue weighted by atomic mass is 19.1. The summed E-state index contributed by atoms with van der Waals surface area (Å²) in [6, 6.07) is 12.3. The first-order valence-electron chi connectivity index (χ1n) is 7.56. The number of benzene rings is 2. The molecule has 0 unspecified atom stereocenters. The van der Waals surface area contributed by atoms with E-state index in [1.54, 1.807) is 30.3 Å². The molecule has 2 rings (SSSR count). The molecule has 120 valence electrons. The molecule has 0 heterocycles. The van der Waals surface area contributed by atoms with Gasteiger partial charge < -0.3 is 10.6 Å². The molecule has 0 aliphatic heterocycles. The monoisotopic (exact) mass is 314 g/mol. The fourth-order valence-electron chi connectivity index (χ4n) is 2.03. The minimum atomic E-state index is -0.572. The van der Waals surface area contributed by atoms with Gasteiger partial charge in [0.15, 0.2) is 0 Å². The lowest BCUT2D eigenvalue weighted by Gasteiger charge is -2.08. The predicted octanol–water partition coefficient (Wildman–Crippen LogP) is 3.61. The smallest absolute Gasteiger partial charge is 0.258 e. The third kappa shape index (κ3) is 4.64. The number of unbranched alkanes of at least 4 members (excludes halogenated alkanes) is 1. The molecule has 0 radical (unpaired) electrons. The zero-order valence-electron chi connectivity index (χ0n) is 12.9. The summed E-state index contributed by atoms with van der Waals surface area (Å²) < 4.78 is 13.5. The average molecular weight is 314 g/mol. The second kappa shape index (κ2) is 8.08. The van der Waals surface area contributed by atoms with Gasteiger partial charge in [0.25, 0.3) is 11.8 Å². The van der Waals surface area contributed by atoms with Crippen molar-refractivity contribution in [2.24, 2.45) is 0 Å². The van der Waals surface area contributed by atoms with Gasteiger partial charge in [-0.2, -0.15) is 0 Å². The number of rotatable bonds is 6. The van der Waals surface area contributed by atoms with Crippen LogP contribution in [0.3, 0.4) is 0 Å². The maximum atomic E-state index is 13.5. The van der Waals surface area contributed by atoms with Crippen LogP contribution in [0.4, 0.5) is 10.1 Å². The van der Waals surface area contributed by atoms with Crippen molar-refractivity contribution in [2.45, 2.75) is 19.8 Å². The van der Waals surface area contributed by atoms with Crippen LogP contribution < -0.4 is 10.6 Å². The highest BCUT2D eigenvalue weighted by Gasteiger charge is 2.11. The highest BCUT2D eigenvalue weighted by molar-refractivity contribution is 6.04. The van der Waals surface area contributed by atoms with E-state index in [1.807, 2.05) is 0 Å². The van der Waals surface area contributed by atoms with Crippen LogP contribution >= 0.6 is 0 Å². The summed E-state index contributed by atoms with van der Waals surface area (Å²) in [5.41, 5.74) is 1.00. The van der Waals surface area contributed by atoms with Crippen molar-refractivity contribution < 1.29 is 14.0 Å². The lowest BCUT2D eigenvalue weighted by molar-refractivity contribution is 0.0952. The molecule has 0 bridgehead atoms.